The Hall–Kier alpha value is -0.510. The van der Waals surface area contributed by atoms with Gasteiger partial charge in [-0.15, -0.1) is 0 Å². The van der Waals surface area contributed by atoms with E-state index in [1.807, 2.05) is 36.4 Å². The first kappa shape index (κ1) is 16.5. The Balaban J connectivity index is 0.000000191. The molecular formula is C14H13I2NO2. The Morgan fingerprint density at radius 1 is 0.947 bits per heavy atom. The molecule has 0 saturated heterocycles. The minimum atomic E-state index is 0.511. The van der Waals surface area contributed by atoms with Gasteiger partial charge in [-0.05, 0) is 75.0 Å². The lowest BCUT2D eigenvalue weighted by atomic mass is 10.2. The number of aldehydes is 1. The van der Waals surface area contributed by atoms with Crippen molar-refractivity contribution in [3.63, 3.8) is 0 Å². The van der Waals surface area contributed by atoms with Crippen LogP contribution in [0.15, 0.2) is 48.5 Å². The normalized spacial score (nSPS) is 9.42. The highest BCUT2D eigenvalue weighted by atomic mass is 127. The predicted molar refractivity (Wildman–Crippen MR) is 92.3 cm³/mol. The molecule has 5 heteroatoms. The van der Waals surface area contributed by atoms with Crippen molar-refractivity contribution in [3.8, 4) is 0 Å². The van der Waals surface area contributed by atoms with Crippen LogP contribution in [0.4, 0.5) is 0 Å². The SMILES string of the molecule is O=Cc1ccc(I)cc1.ONCc1ccc(I)cc1. The van der Waals surface area contributed by atoms with E-state index in [1.54, 1.807) is 12.1 Å². The van der Waals surface area contributed by atoms with Gasteiger partial charge < -0.3 is 5.21 Å². The molecule has 0 amide bonds. The van der Waals surface area contributed by atoms with Crippen molar-refractivity contribution in [2.75, 3.05) is 0 Å². The largest absolute Gasteiger partial charge is 0.316 e. The van der Waals surface area contributed by atoms with Gasteiger partial charge in [-0.25, -0.2) is 5.48 Å². The molecule has 2 rings (SSSR count). The maximum absolute atomic E-state index is 10.1. The third kappa shape index (κ3) is 7.00. The minimum absolute atomic E-state index is 0.511. The summed E-state index contributed by atoms with van der Waals surface area (Å²) in [7, 11) is 0. The van der Waals surface area contributed by atoms with E-state index in [1.165, 1.54) is 3.57 Å². The van der Waals surface area contributed by atoms with Crippen LogP contribution in [0.25, 0.3) is 0 Å². The van der Waals surface area contributed by atoms with Crippen LogP contribution in [-0.2, 0) is 6.54 Å². The summed E-state index contributed by atoms with van der Waals surface area (Å²) < 4.78 is 2.36. The smallest absolute Gasteiger partial charge is 0.150 e. The van der Waals surface area contributed by atoms with Crippen LogP contribution in [0.5, 0.6) is 0 Å². The number of halogens is 2. The van der Waals surface area contributed by atoms with E-state index in [-0.39, 0.29) is 0 Å². The number of rotatable bonds is 3. The maximum Gasteiger partial charge on any atom is 0.150 e. The molecule has 0 heterocycles. The monoisotopic (exact) mass is 481 g/mol. The molecule has 0 aliphatic carbocycles. The highest BCUT2D eigenvalue weighted by Gasteiger charge is 1.89. The van der Waals surface area contributed by atoms with Gasteiger partial charge in [0.25, 0.3) is 0 Å². The predicted octanol–water partition coefficient (Wildman–Crippen LogP) is 3.87. The van der Waals surface area contributed by atoms with Crippen LogP contribution in [-0.4, -0.2) is 11.5 Å². The molecule has 19 heavy (non-hydrogen) atoms. The Morgan fingerprint density at radius 2 is 1.42 bits per heavy atom. The highest BCUT2D eigenvalue weighted by Crippen LogP contribution is 2.06. The average molecular weight is 481 g/mol. The van der Waals surface area contributed by atoms with Crippen molar-refractivity contribution in [1.82, 2.24) is 5.48 Å². The van der Waals surface area contributed by atoms with E-state index in [0.29, 0.717) is 6.54 Å². The van der Waals surface area contributed by atoms with E-state index in [4.69, 9.17) is 5.21 Å². The molecule has 0 radical (unpaired) electrons. The molecule has 0 atom stereocenters. The first-order chi connectivity index (χ1) is 9.15. The minimum Gasteiger partial charge on any atom is -0.316 e. The van der Waals surface area contributed by atoms with Crippen molar-refractivity contribution in [2.45, 2.75) is 6.54 Å². The molecule has 0 aromatic heterocycles. The fraction of sp³-hybridized carbons (Fsp3) is 0.0714. The van der Waals surface area contributed by atoms with Gasteiger partial charge in [-0.2, -0.15) is 0 Å². The second-order valence-corrected chi connectivity index (χ2v) is 6.12. The molecule has 0 aliphatic rings. The van der Waals surface area contributed by atoms with Gasteiger partial charge in [0.1, 0.15) is 6.29 Å². The quantitative estimate of drug-likeness (QED) is 0.398. The zero-order chi connectivity index (χ0) is 14.1. The van der Waals surface area contributed by atoms with E-state index in [0.717, 1.165) is 21.0 Å². The standard InChI is InChI=1S/C7H8INO.C7H5IO/c8-7-3-1-6(2-4-7)5-9-10;8-7-3-1-6(5-9)2-4-7/h1-4,9-10H,5H2;1-5H. The van der Waals surface area contributed by atoms with Crippen LogP contribution in [0, 0.1) is 7.14 Å². The third-order valence-corrected chi connectivity index (χ3v) is 3.64. The summed E-state index contributed by atoms with van der Waals surface area (Å²) >= 11 is 4.44. The number of hydroxylamine groups is 1. The zero-order valence-corrected chi connectivity index (χ0v) is 14.3. The molecule has 2 aromatic carbocycles. The molecule has 0 unspecified atom stereocenters. The van der Waals surface area contributed by atoms with E-state index >= 15 is 0 Å². The fourth-order valence-electron chi connectivity index (χ4n) is 1.23. The molecule has 100 valence electrons. The summed E-state index contributed by atoms with van der Waals surface area (Å²) in [4.78, 5) is 10.1. The first-order valence-electron chi connectivity index (χ1n) is 5.48. The highest BCUT2D eigenvalue weighted by molar-refractivity contribution is 14.1. The van der Waals surface area contributed by atoms with Crippen molar-refractivity contribution < 1.29 is 10.0 Å². The fourth-order valence-corrected chi connectivity index (χ4v) is 1.95. The van der Waals surface area contributed by atoms with Gasteiger partial charge in [-0.1, -0.05) is 24.3 Å². The zero-order valence-electron chi connectivity index (χ0n) is 10.0. The molecule has 0 aliphatic heterocycles. The van der Waals surface area contributed by atoms with Gasteiger partial charge in [0.15, 0.2) is 0 Å². The molecule has 0 bridgehead atoms. The molecule has 3 nitrogen and oxygen atoms in total. The summed E-state index contributed by atoms with van der Waals surface area (Å²) in [5.41, 5.74) is 3.92. The summed E-state index contributed by atoms with van der Waals surface area (Å²) in [6.45, 7) is 0.511. The number of hydrogen-bond acceptors (Lipinski definition) is 3. The van der Waals surface area contributed by atoms with E-state index in [9.17, 15) is 4.79 Å². The van der Waals surface area contributed by atoms with Gasteiger partial charge in [0.05, 0.1) is 0 Å². The number of carbonyl (C=O) groups excluding carboxylic acids is 1. The Bertz CT molecular complexity index is 498. The number of benzene rings is 2. The van der Waals surface area contributed by atoms with Crippen LogP contribution < -0.4 is 5.48 Å². The second kappa shape index (κ2) is 9.40. The lowest BCUT2D eigenvalue weighted by Gasteiger charge is -1.97. The van der Waals surface area contributed by atoms with Crippen LogP contribution in [0.2, 0.25) is 0 Å². The summed E-state index contributed by atoms with van der Waals surface area (Å²) in [5.74, 6) is 0. The Morgan fingerprint density at radius 3 is 1.84 bits per heavy atom. The second-order valence-electron chi connectivity index (χ2n) is 3.63. The average Bonchev–Trinajstić information content (AvgIpc) is 2.43. The number of nitrogens with one attached hydrogen (secondary N) is 1. The van der Waals surface area contributed by atoms with Gasteiger partial charge in [0.2, 0.25) is 0 Å². The van der Waals surface area contributed by atoms with Crippen LogP contribution in [0.1, 0.15) is 15.9 Å². The number of hydrogen-bond donors (Lipinski definition) is 2. The molecule has 0 saturated carbocycles. The lowest BCUT2D eigenvalue weighted by molar-refractivity contribution is 0.112. The summed E-state index contributed by atoms with van der Waals surface area (Å²) in [5, 5.41) is 8.34. The van der Waals surface area contributed by atoms with E-state index in [2.05, 4.69) is 50.7 Å². The first-order valence-corrected chi connectivity index (χ1v) is 7.63. The molecular weight excluding hydrogens is 468 g/mol. The van der Waals surface area contributed by atoms with Crippen molar-refractivity contribution in [1.29, 1.82) is 0 Å². The van der Waals surface area contributed by atoms with Crippen molar-refractivity contribution in [2.24, 2.45) is 0 Å². The Kier molecular flexibility index (Phi) is 8.19. The summed E-state index contributed by atoms with van der Waals surface area (Å²) in [6.07, 6.45) is 0.843. The Labute approximate surface area is 139 Å². The van der Waals surface area contributed by atoms with Gasteiger partial charge >= 0.3 is 0 Å². The summed E-state index contributed by atoms with van der Waals surface area (Å²) in [6, 6.07) is 15.4. The van der Waals surface area contributed by atoms with Crippen molar-refractivity contribution >= 4 is 51.5 Å². The molecule has 2 aromatic rings. The maximum atomic E-state index is 10.1. The van der Waals surface area contributed by atoms with Gasteiger partial charge in [0, 0.05) is 19.2 Å². The number of carbonyl (C=O) groups is 1. The lowest BCUT2D eigenvalue weighted by Crippen LogP contribution is -2.05. The molecule has 2 N–H and O–H groups in total. The molecule has 0 fully saturated rings. The van der Waals surface area contributed by atoms with Crippen LogP contribution in [0.3, 0.4) is 0 Å². The van der Waals surface area contributed by atoms with Gasteiger partial charge in [-0.3, -0.25) is 4.79 Å². The van der Waals surface area contributed by atoms with Crippen molar-refractivity contribution in [3.05, 3.63) is 66.8 Å². The van der Waals surface area contributed by atoms with E-state index < -0.39 is 0 Å². The molecule has 0 spiro atoms. The third-order valence-electron chi connectivity index (χ3n) is 2.20. The topological polar surface area (TPSA) is 49.3 Å². The van der Waals surface area contributed by atoms with Crippen LogP contribution >= 0.6 is 45.2 Å².